The number of aliphatic hydroxyl groups excluding tert-OH is 1. The predicted octanol–water partition coefficient (Wildman–Crippen LogP) is 2.41. The Kier molecular flexibility index (Phi) is 6.39. The second-order valence-electron chi connectivity index (χ2n) is 8.11. The summed E-state index contributed by atoms with van der Waals surface area (Å²) in [5.41, 5.74) is 4.35. The Hall–Kier alpha value is -4.26. The molecule has 0 aliphatic carbocycles. The van der Waals surface area contributed by atoms with Crippen LogP contribution in [0.15, 0.2) is 60.9 Å². The van der Waals surface area contributed by atoms with Gasteiger partial charge in [0.1, 0.15) is 17.7 Å². The van der Waals surface area contributed by atoms with Gasteiger partial charge in [-0.05, 0) is 49.2 Å². The van der Waals surface area contributed by atoms with Crippen molar-refractivity contribution in [2.75, 3.05) is 31.6 Å². The molecule has 1 fully saturated rings. The van der Waals surface area contributed by atoms with Crippen molar-refractivity contribution in [2.45, 2.75) is 13.2 Å². The summed E-state index contributed by atoms with van der Waals surface area (Å²) >= 11 is 0. The number of aromatic nitrogens is 4. The van der Waals surface area contributed by atoms with E-state index in [9.17, 15) is 9.90 Å². The molecule has 35 heavy (non-hydrogen) atoms. The maximum Gasteiger partial charge on any atom is 0.254 e. The molecule has 1 aliphatic rings. The number of amides is 1. The van der Waals surface area contributed by atoms with Gasteiger partial charge in [0.15, 0.2) is 5.65 Å². The number of rotatable bonds is 4. The van der Waals surface area contributed by atoms with Crippen LogP contribution in [-0.4, -0.2) is 68.0 Å². The van der Waals surface area contributed by atoms with Crippen molar-refractivity contribution in [1.82, 2.24) is 24.5 Å². The smallest absolute Gasteiger partial charge is 0.254 e. The van der Waals surface area contributed by atoms with Gasteiger partial charge in [-0.3, -0.25) is 4.79 Å². The molecule has 1 unspecified atom stereocenters. The van der Waals surface area contributed by atoms with Crippen molar-refractivity contribution in [3.8, 4) is 23.1 Å². The van der Waals surface area contributed by atoms with Gasteiger partial charge in [0, 0.05) is 36.0 Å². The maximum atomic E-state index is 12.7. The molecule has 1 aromatic carbocycles. The molecular formula is C26H24N6O3. The Morgan fingerprint density at radius 1 is 1.09 bits per heavy atom. The van der Waals surface area contributed by atoms with E-state index in [1.807, 2.05) is 41.3 Å². The fourth-order valence-corrected chi connectivity index (χ4v) is 3.78. The molecule has 0 saturated carbocycles. The molecule has 1 aliphatic heterocycles. The fourth-order valence-electron chi connectivity index (χ4n) is 3.78. The normalized spacial score (nSPS) is 14.3. The molecular weight excluding hydrogens is 444 g/mol. The first-order valence-corrected chi connectivity index (χ1v) is 11.3. The number of carbonyl (C=O) groups excluding carboxylic acids is 1. The second kappa shape index (κ2) is 9.93. The maximum absolute atomic E-state index is 12.7. The topological polar surface area (TPSA) is 105 Å². The fraction of sp³-hybridized carbons (Fsp3) is 0.231. The summed E-state index contributed by atoms with van der Waals surface area (Å²) < 4.78 is 7.03. The molecule has 176 valence electrons. The number of morpholine rings is 1. The van der Waals surface area contributed by atoms with Crippen LogP contribution < -0.4 is 5.32 Å². The van der Waals surface area contributed by atoms with Crippen LogP contribution in [0, 0.1) is 11.8 Å². The van der Waals surface area contributed by atoms with Gasteiger partial charge in [0.2, 0.25) is 0 Å². The Balaban J connectivity index is 1.38. The van der Waals surface area contributed by atoms with E-state index in [-0.39, 0.29) is 5.91 Å². The average Bonchev–Trinajstić information content (AvgIpc) is 3.30. The summed E-state index contributed by atoms with van der Waals surface area (Å²) in [6, 6.07) is 14.8. The van der Waals surface area contributed by atoms with Crippen molar-refractivity contribution in [1.29, 1.82) is 0 Å². The predicted molar refractivity (Wildman–Crippen MR) is 131 cm³/mol. The molecule has 1 atom stereocenters. The summed E-state index contributed by atoms with van der Waals surface area (Å²) in [7, 11) is 0. The zero-order chi connectivity index (χ0) is 24.2. The number of fused-ring (bicyclic) bond motifs is 1. The molecule has 3 aromatic heterocycles. The highest BCUT2D eigenvalue weighted by Crippen LogP contribution is 2.20. The zero-order valence-corrected chi connectivity index (χ0v) is 19.2. The Bertz CT molecular complexity index is 1410. The van der Waals surface area contributed by atoms with Gasteiger partial charge in [-0.15, -0.1) is 0 Å². The minimum atomic E-state index is -0.710. The van der Waals surface area contributed by atoms with Gasteiger partial charge in [0.05, 0.1) is 25.1 Å². The van der Waals surface area contributed by atoms with Gasteiger partial charge >= 0.3 is 0 Å². The van der Waals surface area contributed by atoms with Crippen LogP contribution in [0.1, 0.15) is 28.5 Å². The second-order valence-corrected chi connectivity index (χ2v) is 8.11. The van der Waals surface area contributed by atoms with E-state index in [0.717, 1.165) is 16.8 Å². The summed E-state index contributed by atoms with van der Waals surface area (Å²) in [5.74, 6) is 6.77. The Morgan fingerprint density at radius 3 is 2.66 bits per heavy atom. The van der Waals surface area contributed by atoms with Crippen LogP contribution in [0.25, 0.3) is 16.9 Å². The van der Waals surface area contributed by atoms with E-state index in [0.29, 0.717) is 49.0 Å². The van der Waals surface area contributed by atoms with Gasteiger partial charge in [-0.25, -0.2) is 14.5 Å². The third-order valence-corrected chi connectivity index (χ3v) is 5.54. The van der Waals surface area contributed by atoms with Crippen LogP contribution in [-0.2, 0) is 4.74 Å². The van der Waals surface area contributed by atoms with E-state index in [4.69, 9.17) is 9.84 Å². The van der Waals surface area contributed by atoms with Gasteiger partial charge in [-0.2, -0.15) is 5.10 Å². The molecule has 0 spiro atoms. The molecule has 0 radical (unpaired) electrons. The number of benzene rings is 1. The molecule has 9 nitrogen and oxygen atoms in total. The van der Waals surface area contributed by atoms with Crippen LogP contribution in [0.5, 0.6) is 0 Å². The van der Waals surface area contributed by atoms with E-state index < -0.39 is 6.23 Å². The number of pyridine rings is 1. The number of nitrogens with zero attached hydrogens (tertiary/aromatic N) is 5. The van der Waals surface area contributed by atoms with Crippen LogP contribution >= 0.6 is 0 Å². The number of carbonyl (C=O) groups is 1. The van der Waals surface area contributed by atoms with Crippen LogP contribution in [0.2, 0.25) is 0 Å². The van der Waals surface area contributed by atoms with E-state index in [1.54, 1.807) is 36.0 Å². The highest BCUT2D eigenvalue weighted by Gasteiger charge is 2.18. The molecule has 5 rings (SSSR count). The lowest BCUT2D eigenvalue weighted by molar-refractivity contribution is 0.0303. The number of imidazole rings is 1. The van der Waals surface area contributed by atoms with E-state index >= 15 is 0 Å². The molecule has 1 saturated heterocycles. The van der Waals surface area contributed by atoms with Crippen LogP contribution in [0.4, 0.5) is 5.82 Å². The number of nitrogens with one attached hydrogen (secondary N) is 1. The quantitative estimate of drug-likeness (QED) is 0.350. The number of hydrogen-bond donors (Lipinski definition) is 2. The largest absolute Gasteiger partial charge is 0.378 e. The number of anilines is 1. The standard InChI is InChI=1S/C26H24N6O3/c1-18(33)29-24-16-19(10-11-27-24)2-7-22-17-28-25-9-8-23(30-32(22)25)20-3-5-21(6-4-20)26(34)31-12-14-35-15-13-31/h3-6,8-11,16-18,33H,12-15H2,1H3,(H,27,29). The third kappa shape index (κ3) is 5.14. The number of ether oxygens (including phenoxy) is 1. The van der Waals surface area contributed by atoms with Crippen molar-refractivity contribution in [3.63, 3.8) is 0 Å². The highest BCUT2D eigenvalue weighted by molar-refractivity contribution is 5.94. The first kappa shape index (κ1) is 22.5. The minimum absolute atomic E-state index is 0.0124. The Labute approximate surface area is 202 Å². The number of aliphatic hydroxyl groups is 1. The van der Waals surface area contributed by atoms with Crippen molar-refractivity contribution < 1.29 is 14.6 Å². The molecule has 4 aromatic rings. The van der Waals surface area contributed by atoms with Gasteiger partial charge < -0.3 is 20.1 Å². The minimum Gasteiger partial charge on any atom is -0.378 e. The zero-order valence-electron chi connectivity index (χ0n) is 19.2. The van der Waals surface area contributed by atoms with Crippen molar-refractivity contribution in [2.24, 2.45) is 0 Å². The molecule has 0 bridgehead atoms. The highest BCUT2D eigenvalue weighted by atomic mass is 16.5. The lowest BCUT2D eigenvalue weighted by Crippen LogP contribution is -2.40. The number of hydrogen-bond acceptors (Lipinski definition) is 7. The molecule has 4 heterocycles. The van der Waals surface area contributed by atoms with Crippen molar-refractivity contribution in [3.05, 3.63) is 77.7 Å². The van der Waals surface area contributed by atoms with Gasteiger partial charge in [-0.1, -0.05) is 18.1 Å². The van der Waals surface area contributed by atoms with E-state index in [2.05, 4.69) is 27.1 Å². The molecule has 1 amide bonds. The summed E-state index contributed by atoms with van der Waals surface area (Å²) in [6.45, 7) is 4.00. The summed E-state index contributed by atoms with van der Waals surface area (Å²) in [6.07, 6.45) is 2.60. The summed E-state index contributed by atoms with van der Waals surface area (Å²) in [4.78, 5) is 23.1. The Morgan fingerprint density at radius 2 is 1.89 bits per heavy atom. The van der Waals surface area contributed by atoms with Crippen LogP contribution in [0.3, 0.4) is 0 Å². The first-order valence-electron chi connectivity index (χ1n) is 11.3. The summed E-state index contributed by atoms with van der Waals surface area (Å²) in [5, 5.41) is 17.0. The lowest BCUT2D eigenvalue weighted by Gasteiger charge is -2.26. The SMILES string of the molecule is CC(O)Nc1cc(C#Cc2cnc3ccc(-c4ccc(C(=O)N5CCOCC5)cc4)nn23)ccn1. The monoisotopic (exact) mass is 468 g/mol. The third-order valence-electron chi connectivity index (χ3n) is 5.54. The molecule has 2 N–H and O–H groups in total. The van der Waals surface area contributed by atoms with Crippen molar-refractivity contribution >= 4 is 17.4 Å². The molecule has 9 heteroatoms. The average molecular weight is 469 g/mol. The lowest BCUT2D eigenvalue weighted by atomic mass is 10.1. The van der Waals surface area contributed by atoms with E-state index in [1.165, 1.54) is 0 Å². The van der Waals surface area contributed by atoms with Gasteiger partial charge in [0.25, 0.3) is 5.91 Å². The first-order chi connectivity index (χ1) is 17.1.